The number of nitrogens with zero attached hydrogens (tertiary/aromatic N) is 1. The lowest BCUT2D eigenvalue weighted by atomic mass is 9.88. The van der Waals surface area contributed by atoms with Crippen LogP contribution in [0, 0.1) is 5.92 Å². The third-order valence-corrected chi connectivity index (χ3v) is 3.29. The van der Waals surface area contributed by atoms with Gasteiger partial charge in [0.25, 0.3) is 0 Å². The van der Waals surface area contributed by atoms with Gasteiger partial charge >= 0.3 is 0 Å². The van der Waals surface area contributed by atoms with E-state index < -0.39 is 0 Å². The Morgan fingerprint density at radius 1 is 1.44 bits per heavy atom. The van der Waals surface area contributed by atoms with E-state index in [9.17, 15) is 0 Å². The van der Waals surface area contributed by atoms with Crippen LogP contribution in [0.4, 0.5) is 0 Å². The molecule has 0 aromatic carbocycles. The van der Waals surface area contributed by atoms with Crippen LogP contribution in [-0.2, 0) is 6.61 Å². The van der Waals surface area contributed by atoms with Gasteiger partial charge in [0.15, 0.2) is 0 Å². The van der Waals surface area contributed by atoms with Crippen molar-refractivity contribution in [3.05, 3.63) is 23.9 Å². The molecule has 0 radical (unpaired) electrons. The molecule has 0 saturated heterocycles. The van der Waals surface area contributed by atoms with Gasteiger partial charge in [0, 0.05) is 12.3 Å². The van der Waals surface area contributed by atoms with Crippen molar-refractivity contribution < 1.29 is 9.84 Å². The summed E-state index contributed by atoms with van der Waals surface area (Å²) in [6, 6.07) is 3.62. The van der Waals surface area contributed by atoms with Crippen LogP contribution < -0.4 is 4.74 Å². The Hall–Kier alpha value is -1.09. The molecular formula is C13H19NO2. The fourth-order valence-corrected chi connectivity index (χ4v) is 2.23. The number of pyridine rings is 1. The molecule has 1 aromatic rings. The molecule has 1 saturated carbocycles. The summed E-state index contributed by atoms with van der Waals surface area (Å²) in [6.07, 6.45) is 6.89. The highest BCUT2D eigenvalue weighted by molar-refractivity contribution is 5.19. The molecular weight excluding hydrogens is 202 g/mol. The average Bonchev–Trinajstić information content (AvgIpc) is 2.32. The second-order valence-electron chi connectivity index (χ2n) is 4.58. The summed E-state index contributed by atoms with van der Waals surface area (Å²) in [5.41, 5.74) is 0.855. The predicted octanol–water partition coefficient (Wildman–Crippen LogP) is 2.53. The number of ether oxygens (including phenoxy) is 1. The smallest absolute Gasteiger partial charge is 0.213 e. The molecule has 3 nitrogen and oxygen atoms in total. The lowest BCUT2D eigenvalue weighted by molar-refractivity contribution is 0.0973. The third-order valence-electron chi connectivity index (χ3n) is 3.29. The quantitative estimate of drug-likeness (QED) is 0.852. The molecule has 2 unspecified atom stereocenters. The Morgan fingerprint density at radius 3 is 3.00 bits per heavy atom. The number of aliphatic hydroxyl groups is 1. The molecule has 0 amide bonds. The largest absolute Gasteiger partial charge is 0.474 e. The molecule has 88 valence electrons. The Morgan fingerprint density at radius 2 is 2.25 bits per heavy atom. The van der Waals surface area contributed by atoms with E-state index in [0.717, 1.165) is 12.0 Å². The zero-order valence-corrected chi connectivity index (χ0v) is 9.72. The van der Waals surface area contributed by atoms with E-state index in [2.05, 4.69) is 11.9 Å². The van der Waals surface area contributed by atoms with Crippen molar-refractivity contribution in [2.45, 2.75) is 45.3 Å². The first-order valence-corrected chi connectivity index (χ1v) is 6.02. The van der Waals surface area contributed by atoms with Crippen molar-refractivity contribution in [3.63, 3.8) is 0 Å². The monoisotopic (exact) mass is 221 g/mol. The first-order chi connectivity index (χ1) is 7.79. The Bertz CT molecular complexity index is 340. The van der Waals surface area contributed by atoms with Crippen LogP contribution in [0.5, 0.6) is 5.88 Å². The van der Waals surface area contributed by atoms with E-state index in [-0.39, 0.29) is 12.7 Å². The molecule has 1 fully saturated rings. The summed E-state index contributed by atoms with van der Waals surface area (Å²) in [4.78, 5) is 4.18. The molecule has 0 spiro atoms. The van der Waals surface area contributed by atoms with E-state index in [1.54, 1.807) is 12.3 Å². The van der Waals surface area contributed by atoms with E-state index in [4.69, 9.17) is 9.84 Å². The molecule has 1 aromatic heterocycles. The van der Waals surface area contributed by atoms with Gasteiger partial charge in [0.2, 0.25) is 5.88 Å². The Labute approximate surface area is 96.5 Å². The third kappa shape index (κ3) is 2.73. The lowest BCUT2D eigenvalue weighted by Crippen LogP contribution is -2.28. The number of hydrogen-bond acceptors (Lipinski definition) is 3. The second kappa shape index (κ2) is 5.30. The van der Waals surface area contributed by atoms with E-state index in [1.807, 2.05) is 6.07 Å². The highest BCUT2D eigenvalue weighted by atomic mass is 16.5. The normalized spacial score (nSPS) is 25.4. The minimum absolute atomic E-state index is 0.0408. The van der Waals surface area contributed by atoms with Gasteiger partial charge in [0.1, 0.15) is 6.10 Å². The average molecular weight is 221 g/mol. The number of rotatable bonds is 3. The number of aliphatic hydroxyl groups excluding tert-OH is 1. The zero-order valence-electron chi connectivity index (χ0n) is 9.72. The summed E-state index contributed by atoms with van der Waals surface area (Å²) in [5.74, 6) is 1.25. The van der Waals surface area contributed by atoms with E-state index in [0.29, 0.717) is 11.8 Å². The van der Waals surface area contributed by atoms with Crippen molar-refractivity contribution in [2.24, 2.45) is 5.92 Å². The minimum Gasteiger partial charge on any atom is -0.474 e. The fourth-order valence-electron chi connectivity index (χ4n) is 2.23. The van der Waals surface area contributed by atoms with Crippen LogP contribution in [-0.4, -0.2) is 16.2 Å². The standard InChI is InChI=1S/C13H19NO2/c1-10-4-2-3-5-12(10)16-13-8-11(9-15)6-7-14-13/h6-8,10,12,15H,2-5,9H2,1H3. The molecule has 1 heterocycles. The van der Waals surface area contributed by atoms with Crippen LogP contribution in [0.3, 0.4) is 0 Å². The summed E-state index contributed by atoms with van der Waals surface area (Å²) in [6.45, 7) is 2.28. The number of hydrogen-bond donors (Lipinski definition) is 1. The van der Waals surface area contributed by atoms with Crippen molar-refractivity contribution in [2.75, 3.05) is 0 Å². The molecule has 1 N–H and O–H groups in total. The number of aromatic nitrogens is 1. The van der Waals surface area contributed by atoms with Crippen LogP contribution >= 0.6 is 0 Å². The van der Waals surface area contributed by atoms with Gasteiger partial charge in [-0.2, -0.15) is 0 Å². The molecule has 0 bridgehead atoms. The molecule has 2 atom stereocenters. The summed E-state index contributed by atoms with van der Waals surface area (Å²) < 4.78 is 5.89. The molecule has 2 rings (SSSR count). The molecule has 0 aliphatic heterocycles. The van der Waals surface area contributed by atoms with Gasteiger partial charge in [-0.05, 0) is 36.8 Å². The first kappa shape index (κ1) is 11.4. The van der Waals surface area contributed by atoms with Crippen molar-refractivity contribution in [3.8, 4) is 5.88 Å². The topological polar surface area (TPSA) is 42.4 Å². The minimum atomic E-state index is 0.0408. The highest BCUT2D eigenvalue weighted by Gasteiger charge is 2.23. The predicted molar refractivity (Wildman–Crippen MR) is 62.2 cm³/mol. The maximum absolute atomic E-state index is 9.04. The molecule has 1 aliphatic rings. The van der Waals surface area contributed by atoms with Gasteiger partial charge in [0.05, 0.1) is 6.61 Å². The maximum atomic E-state index is 9.04. The van der Waals surface area contributed by atoms with Crippen LogP contribution in [0.1, 0.15) is 38.2 Å². The fraction of sp³-hybridized carbons (Fsp3) is 0.615. The summed E-state index contributed by atoms with van der Waals surface area (Å²) >= 11 is 0. The van der Waals surface area contributed by atoms with Gasteiger partial charge in [-0.3, -0.25) is 0 Å². The summed E-state index contributed by atoms with van der Waals surface area (Å²) in [5, 5.41) is 9.04. The first-order valence-electron chi connectivity index (χ1n) is 6.02. The Kier molecular flexibility index (Phi) is 3.78. The highest BCUT2D eigenvalue weighted by Crippen LogP contribution is 2.27. The van der Waals surface area contributed by atoms with E-state index in [1.165, 1.54) is 19.3 Å². The van der Waals surface area contributed by atoms with Gasteiger partial charge in [-0.15, -0.1) is 0 Å². The van der Waals surface area contributed by atoms with Crippen LogP contribution in [0.2, 0.25) is 0 Å². The Balaban J connectivity index is 2.01. The molecule has 3 heteroatoms. The molecule has 1 aliphatic carbocycles. The maximum Gasteiger partial charge on any atom is 0.213 e. The van der Waals surface area contributed by atoms with Crippen molar-refractivity contribution >= 4 is 0 Å². The van der Waals surface area contributed by atoms with E-state index >= 15 is 0 Å². The SMILES string of the molecule is CC1CCCCC1Oc1cc(CO)ccn1. The molecule has 16 heavy (non-hydrogen) atoms. The van der Waals surface area contributed by atoms with Gasteiger partial charge < -0.3 is 9.84 Å². The van der Waals surface area contributed by atoms with Gasteiger partial charge in [-0.1, -0.05) is 13.3 Å². The van der Waals surface area contributed by atoms with Crippen LogP contribution in [0.15, 0.2) is 18.3 Å². The second-order valence-corrected chi connectivity index (χ2v) is 4.58. The van der Waals surface area contributed by atoms with Crippen molar-refractivity contribution in [1.82, 2.24) is 4.98 Å². The zero-order chi connectivity index (χ0) is 11.4. The lowest BCUT2D eigenvalue weighted by Gasteiger charge is -2.28. The summed E-state index contributed by atoms with van der Waals surface area (Å²) in [7, 11) is 0. The van der Waals surface area contributed by atoms with Crippen LogP contribution in [0.25, 0.3) is 0 Å². The van der Waals surface area contributed by atoms with Crippen molar-refractivity contribution in [1.29, 1.82) is 0 Å². The van der Waals surface area contributed by atoms with Gasteiger partial charge in [-0.25, -0.2) is 4.98 Å².